The lowest BCUT2D eigenvalue weighted by atomic mass is 10.1. The van der Waals surface area contributed by atoms with E-state index in [-0.39, 0.29) is 5.91 Å². The number of pyridine rings is 1. The summed E-state index contributed by atoms with van der Waals surface area (Å²) in [6, 6.07) is 13.4. The Balaban J connectivity index is 1.50. The number of fused-ring (bicyclic) bond motifs is 1. The van der Waals surface area contributed by atoms with Crippen molar-refractivity contribution in [2.75, 3.05) is 13.1 Å². The van der Waals surface area contributed by atoms with E-state index >= 15 is 0 Å². The van der Waals surface area contributed by atoms with E-state index in [2.05, 4.69) is 4.98 Å². The van der Waals surface area contributed by atoms with E-state index in [0.717, 1.165) is 37.3 Å². The number of para-hydroxylation sites is 1. The molecule has 5 heteroatoms. The number of ether oxygens (including phenoxy) is 1. The molecule has 0 N–H and O–H groups in total. The van der Waals surface area contributed by atoms with Crippen molar-refractivity contribution in [1.29, 1.82) is 0 Å². The normalized spacial score (nSPS) is 15.0. The van der Waals surface area contributed by atoms with E-state index in [1.165, 1.54) is 12.8 Å². The summed E-state index contributed by atoms with van der Waals surface area (Å²) in [5, 5.41) is 0. The standard InChI is InChI=1S/C21H23N3O2/c25-21(23-12-6-1-2-7-13-23)18-9-3-4-10-19(18)26-16-17-15-24-14-8-5-11-20(24)22-17/h3-5,8-11,14-15H,1-2,6-7,12-13,16H2. The molecule has 0 atom stereocenters. The Hall–Kier alpha value is -2.82. The summed E-state index contributed by atoms with van der Waals surface area (Å²) < 4.78 is 7.94. The van der Waals surface area contributed by atoms with Gasteiger partial charge in [-0.25, -0.2) is 4.98 Å². The first-order chi connectivity index (χ1) is 12.8. The lowest BCUT2D eigenvalue weighted by Gasteiger charge is -2.21. The number of benzene rings is 1. The first-order valence-corrected chi connectivity index (χ1v) is 9.25. The molecular weight excluding hydrogens is 326 g/mol. The van der Waals surface area contributed by atoms with Gasteiger partial charge in [-0.2, -0.15) is 0 Å². The van der Waals surface area contributed by atoms with E-state index in [1.54, 1.807) is 0 Å². The minimum Gasteiger partial charge on any atom is -0.486 e. The Kier molecular flexibility index (Phi) is 4.86. The van der Waals surface area contributed by atoms with E-state index < -0.39 is 0 Å². The minimum atomic E-state index is 0.0671. The lowest BCUT2D eigenvalue weighted by Crippen LogP contribution is -2.32. The van der Waals surface area contributed by atoms with Gasteiger partial charge in [0.2, 0.25) is 0 Å². The summed E-state index contributed by atoms with van der Waals surface area (Å²) in [5.74, 6) is 0.691. The minimum absolute atomic E-state index is 0.0671. The van der Waals surface area contributed by atoms with Crippen molar-refractivity contribution in [2.45, 2.75) is 32.3 Å². The molecule has 0 unspecified atom stereocenters. The fraction of sp³-hybridized carbons (Fsp3) is 0.333. The van der Waals surface area contributed by atoms with Crippen LogP contribution in [0.3, 0.4) is 0 Å². The van der Waals surface area contributed by atoms with Crippen molar-refractivity contribution < 1.29 is 9.53 Å². The van der Waals surface area contributed by atoms with Crippen molar-refractivity contribution in [1.82, 2.24) is 14.3 Å². The van der Waals surface area contributed by atoms with Crippen LogP contribution in [0.5, 0.6) is 5.75 Å². The van der Waals surface area contributed by atoms with E-state index in [0.29, 0.717) is 17.9 Å². The number of carbonyl (C=O) groups excluding carboxylic acids is 1. The predicted molar refractivity (Wildman–Crippen MR) is 100 cm³/mol. The molecule has 3 heterocycles. The molecule has 1 saturated heterocycles. The van der Waals surface area contributed by atoms with Crippen LogP contribution in [0.1, 0.15) is 41.7 Å². The first-order valence-electron chi connectivity index (χ1n) is 9.25. The number of nitrogens with zero attached hydrogens (tertiary/aromatic N) is 3. The largest absolute Gasteiger partial charge is 0.486 e. The van der Waals surface area contributed by atoms with Crippen LogP contribution in [-0.4, -0.2) is 33.3 Å². The molecule has 3 aromatic rings. The molecule has 134 valence electrons. The van der Waals surface area contributed by atoms with Gasteiger partial charge < -0.3 is 14.0 Å². The quantitative estimate of drug-likeness (QED) is 0.717. The van der Waals surface area contributed by atoms with Gasteiger partial charge >= 0.3 is 0 Å². The lowest BCUT2D eigenvalue weighted by molar-refractivity contribution is 0.0756. The molecule has 1 amide bonds. The van der Waals surface area contributed by atoms with Gasteiger partial charge in [-0.05, 0) is 37.1 Å². The van der Waals surface area contributed by atoms with Crippen molar-refractivity contribution in [3.05, 3.63) is 66.1 Å². The molecule has 0 radical (unpaired) electrons. The van der Waals surface area contributed by atoms with E-state index in [4.69, 9.17) is 4.74 Å². The van der Waals surface area contributed by atoms with Crippen molar-refractivity contribution in [3.63, 3.8) is 0 Å². The Morgan fingerprint density at radius 1 is 1.00 bits per heavy atom. The molecule has 0 aliphatic carbocycles. The number of aromatic nitrogens is 2. The molecular formula is C21H23N3O2. The SMILES string of the molecule is O=C(c1ccccc1OCc1cn2ccccc2n1)N1CCCCCC1. The van der Waals surface area contributed by atoms with Crippen molar-refractivity contribution >= 4 is 11.6 Å². The average molecular weight is 349 g/mol. The third-order valence-electron chi connectivity index (χ3n) is 4.80. The Bertz CT molecular complexity index is 862. The van der Waals surface area contributed by atoms with Crippen LogP contribution in [0.15, 0.2) is 54.9 Å². The molecule has 1 aliphatic heterocycles. The number of rotatable bonds is 4. The van der Waals surface area contributed by atoms with Gasteiger partial charge in [0.15, 0.2) is 0 Å². The van der Waals surface area contributed by atoms with Crippen LogP contribution < -0.4 is 4.74 Å². The Labute approximate surface area is 153 Å². The molecule has 4 rings (SSSR count). The fourth-order valence-electron chi connectivity index (χ4n) is 3.42. The third kappa shape index (κ3) is 3.57. The molecule has 0 spiro atoms. The highest BCUT2D eigenvalue weighted by Gasteiger charge is 2.20. The molecule has 1 aromatic carbocycles. The molecule has 5 nitrogen and oxygen atoms in total. The summed E-state index contributed by atoms with van der Waals surface area (Å²) in [7, 11) is 0. The van der Waals surface area contributed by atoms with Crippen LogP contribution in [-0.2, 0) is 6.61 Å². The van der Waals surface area contributed by atoms with Crippen LogP contribution in [0.25, 0.3) is 5.65 Å². The summed E-state index contributed by atoms with van der Waals surface area (Å²) in [6.07, 6.45) is 8.48. The smallest absolute Gasteiger partial charge is 0.257 e. The van der Waals surface area contributed by atoms with Gasteiger partial charge in [0.25, 0.3) is 5.91 Å². The fourth-order valence-corrected chi connectivity index (χ4v) is 3.42. The molecule has 1 fully saturated rings. The second-order valence-electron chi connectivity index (χ2n) is 6.69. The van der Waals surface area contributed by atoms with Crippen LogP contribution in [0, 0.1) is 0 Å². The summed E-state index contributed by atoms with van der Waals surface area (Å²) in [5.41, 5.74) is 2.37. The zero-order valence-electron chi connectivity index (χ0n) is 14.8. The van der Waals surface area contributed by atoms with Crippen LogP contribution >= 0.6 is 0 Å². The second kappa shape index (κ2) is 7.60. The maximum absolute atomic E-state index is 13.0. The maximum atomic E-state index is 13.0. The van der Waals surface area contributed by atoms with Crippen LogP contribution in [0.2, 0.25) is 0 Å². The molecule has 2 aromatic heterocycles. The van der Waals surface area contributed by atoms with Gasteiger partial charge in [-0.3, -0.25) is 4.79 Å². The van der Waals surface area contributed by atoms with Gasteiger partial charge in [-0.15, -0.1) is 0 Å². The molecule has 1 aliphatic rings. The number of imidazole rings is 1. The Morgan fingerprint density at radius 3 is 2.58 bits per heavy atom. The second-order valence-corrected chi connectivity index (χ2v) is 6.69. The maximum Gasteiger partial charge on any atom is 0.257 e. The molecule has 26 heavy (non-hydrogen) atoms. The number of carbonyl (C=O) groups is 1. The number of hydrogen-bond acceptors (Lipinski definition) is 3. The van der Waals surface area contributed by atoms with E-state index in [1.807, 2.05) is 64.2 Å². The van der Waals surface area contributed by atoms with Gasteiger partial charge in [0.1, 0.15) is 18.0 Å². The topological polar surface area (TPSA) is 46.8 Å². The number of likely N-dealkylation sites (tertiary alicyclic amines) is 1. The zero-order chi connectivity index (χ0) is 17.8. The summed E-state index contributed by atoms with van der Waals surface area (Å²) >= 11 is 0. The summed E-state index contributed by atoms with van der Waals surface area (Å²) in [6.45, 7) is 2.01. The van der Waals surface area contributed by atoms with Crippen molar-refractivity contribution in [3.8, 4) is 5.75 Å². The van der Waals surface area contributed by atoms with Crippen molar-refractivity contribution in [2.24, 2.45) is 0 Å². The monoisotopic (exact) mass is 349 g/mol. The highest BCUT2D eigenvalue weighted by molar-refractivity contribution is 5.97. The number of amides is 1. The average Bonchev–Trinajstić information content (AvgIpc) is 2.90. The zero-order valence-corrected chi connectivity index (χ0v) is 14.8. The molecule has 0 bridgehead atoms. The van der Waals surface area contributed by atoms with Crippen LogP contribution in [0.4, 0.5) is 0 Å². The molecule has 0 saturated carbocycles. The van der Waals surface area contributed by atoms with E-state index in [9.17, 15) is 4.79 Å². The first kappa shape index (κ1) is 16.6. The van der Waals surface area contributed by atoms with Gasteiger partial charge in [-0.1, -0.05) is 31.0 Å². The Morgan fingerprint density at radius 2 is 1.77 bits per heavy atom. The highest BCUT2D eigenvalue weighted by atomic mass is 16.5. The number of hydrogen-bond donors (Lipinski definition) is 0. The third-order valence-corrected chi connectivity index (χ3v) is 4.80. The van der Waals surface area contributed by atoms with Gasteiger partial charge in [0, 0.05) is 25.5 Å². The predicted octanol–water partition coefficient (Wildman–Crippen LogP) is 3.93. The highest BCUT2D eigenvalue weighted by Crippen LogP contribution is 2.23. The summed E-state index contributed by atoms with van der Waals surface area (Å²) in [4.78, 5) is 19.5. The van der Waals surface area contributed by atoms with Gasteiger partial charge in [0.05, 0.1) is 11.3 Å².